The molecule has 1 atom stereocenters. The van der Waals surface area contributed by atoms with E-state index in [9.17, 15) is 23.1 Å². The highest BCUT2D eigenvalue weighted by atomic mass is 35.5. The van der Waals surface area contributed by atoms with Crippen molar-refractivity contribution in [2.75, 3.05) is 6.61 Å². The number of benzene rings is 2. The van der Waals surface area contributed by atoms with Crippen LogP contribution in [0.2, 0.25) is 5.02 Å². The molecule has 1 N–H and O–H groups in total. The van der Waals surface area contributed by atoms with Crippen LogP contribution in [-0.2, 0) is 11.2 Å². The van der Waals surface area contributed by atoms with E-state index in [-0.39, 0.29) is 16.5 Å². The summed E-state index contributed by atoms with van der Waals surface area (Å²) in [5.41, 5.74) is -1.39. The van der Waals surface area contributed by atoms with E-state index in [4.69, 9.17) is 16.3 Å². The molecule has 9 heteroatoms. The van der Waals surface area contributed by atoms with Crippen LogP contribution in [0.1, 0.15) is 30.0 Å². The molecule has 0 aromatic heterocycles. The van der Waals surface area contributed by atoms with Gasteiger partial charge in [0, 0.05) is 5.02 Å². The minimum Gasteiger partial charge on any atom is -0.484 e. The van der Waals surface area contributed by atoms with Gasteiger partial charge in [-0.25, -0.2) is 0 Å². The molecule has 0 spiro atoms. The Balaban J connectivity index is 1.84. The Morgan fingerprint density at radius 1 is 1.27 bits per heavy atom. The number of rotatable bonds is 5. The first-order valence-electron chi connectivity index (χ1n) is 9.23. The van der Waals surface area contributed by atoms with Gasteiger partial charge in [0.1, 0.15) is 5.75 Å². The Labute approximate surface area is 176 Å². The van der Waals surface area contributed by atoms with Crippen molar-refractivity contribution in [3.8, 4) is 5.75 Å². The summed E-state index contributed by atoms with van der Waals surface area (Å²) in [5.74, 6) is -0.859. The molecule has 0 saturated carbocycles. The minimum atomic E-state index is -5.10. The predicted molar refractivity (Wildman–Crippen MR) is 107 cm³/mol. The fourth-order valence-electron chi connectivity index (χ4n) is 3.04. The number of halogens is 4. The van der Waals surface area contributed by atoms with Crippen molar-refractivity contribution in [2.24, 2.45) is 5.10 Å². The van der Waals surface area contributed by atoms with Crippen LogP contribution in [0.15, 0.2) is 47.6 Å². The highest BCUT2D eigenvalue weighted by Crippen LogP contribution is 2.41. The normalized spacial score (nSPS) is 19.0. The lowest BCUT2D eigenvalue weighted by Gasteiger charge is -2.32. The smallest absolute Gasteiger partial charge is 0.438 e. The Kier molecular flexibility index (Phi) is 6.10. The number of hydrazone groups is 1. The molecule has 0 saturated heterocycles. The quantitative estimate of drug-likeness (QED) is 0.745. The highest BCUT2D eigenvalue weighted by Gasteiger charge is 2.63. The average Bonchev–Trinajstić information content (AvgIpc) is 3.08. The summed E-state index contributed by atoms with van der Waals surface area (Å²) in [6, 6.07) is 11.4. The summed E-state index contributed by atoms with van der Waals surface area (Å²) in [6.45, 7) is 2.94. The lowest BCUT2D eigenvalue weighted by atomic mass is 9.99. The van der Waals surface area contributed by atoms with Crippen LogP contribution in [0, 0.1) is 6.92 Å². The van der Waals surface area contributed by atoms with Crippen molar-refractivity contribution in [1.82, 2.24) is 5.01 Å². The first-order valence-corrected chi connectivity index (χ1v) is 9.61. The van der Waals surface area contributed by atoms with E-state index in [0.717, 1.165) is 12.0 Å². The number of aliphatic hydroxyl groups is 1. The zero-order chi connectivity index (χ0) is 22.1. The number of carbonyl (C=O) groups excluding carboxylic acids is 1. The molecule has 0 unspecified atom stereocenters. The maximum Gasteiger partial charge on any atom is 0.438 e. The Morgan fingerprint density at radius 3 is 2.50 bits per heavy atom. The standard InChI is InChI=1S/C21H20ClF3N2O3/c1-3-14-4-6-15(7-5-14)18-11-20(29,21(23,24)25)27(26-18)19(28)12-30-16-8-9-17(22)13(2)10-16/h4-10,29H,3,11-12H2,1-2H3/t20-/m0/s1. The van der Waals surface area contributed by atoms with E-state index in [0.29, 0.717) is 16.1 Å². The van der Waals surface area contributed by atoms with Crippen LogP contribution in [0.25, 0.3) is 0 Å². The number of hydrogen-bond donors (Lipinski definition) is 1. The monoisotopic (exact) mass is 440 g/mol. The minimum absolute atomic E-state index is 0.0341. The molecule has 0 fully saturated rings. The summed E-state index contributed by atoms with van der Waals surface area (Å²) >= 11 is 5.92. The second-order valence-electron chi connectivity index (χ2n) is 6.99. The zero-order valence-electron chi connectivity index (χ0n) is 16.3. The lowest BCUT2D eigenvalue weighted by molar-refractivity contribution is -0.302. The van der Waals surface area contributed by atoms with Crippen molar-refractivity contribution >= 4 is 23.2 Å². The van der Waals surface area contributed by atoms with Crippen molar-refractivity contribution in [1.29, 1.82) is 0 Å². The molecular formula is C21H20ClF3N2O3. The van der Waals surface area contributed by atoms with Gasteiger partial charge < -0.3 is 9.84 Å². The number of nitrogens with zero attached hydrogens (tertiary/aromatic N) is 2. The van der Waals surface area contributed by atoms with Gasteiger partial charge in [0.25, 0.3) is 11.6 Å². The first-order chi connectivity index (χ1) is 14.0. The number of alkyl halides is 3. The summed E-state index contributed by atoms with van der Waals surface area (Å²) in [5, 5.41) is 14.7. The SMILES string of the molecule is CCc1ccc(C2=NN(C(=O)COc3ccc(Cl)c(C)c3)[C@@](O)(C(F)(F)F)C2)cc1. The van der Waals surface area contributed by atoms with Gasteiger partial charge >= 0.3 is 6.18 Å². The van der Waals surface area contributed by atoms with Crippen LogP contribution < -0.4 is 4.74 Å². The lowest BCUT2D eigenvalue weighted by Crippen LogP contribution is -2.57. The van der Waals surface area contributed by atoms with Gasteiger partial charge in [-0.3, -0.25) is 4.79 Å². The van der Waals surface area contributed by atoms with Gasteiger partial charge in [-0.1, -0.05) is 42.8 Å². The van der Waals surface area contributed by atoms with E-state index in [1.807, 2.05) is 6.92 Å². The third-order valence-electron chi connectivity index (χ3n) is 4.86. The average molecular weight is 441 g/mol. The van der Waals surface area contributed by atoms with Crippen molar-refractivity contribution in [3.05, 3.63) is 64.2 Å². The molecular weight excluding hydrogens is 421 g/mol. The molecule has 5 nitrogen and oxygen atoms in total. The molecule has 0 aliphatic carbocycles. The Bertz CT molecular complexity index is 976. The van der Waals surface area contributed by atoms with Gasteiger partial charge in [-0.2, -0.15) is 23.3 Å². The predicted octanol–water partition coefficient (Wildman–Crippen LogP) is 4.48. The molecule has 30 heavy (non-hydrogen) atoms. The number of carbonyl (C=O) groups is 1. The number of aryl methyl sites for hydroxylation is 2. The summed E-state index contributed by atoms with van der Waals surface area (Å²) in [7, 11) is 0. The highest BCUT2D eigenvalue weighted by molar-refractivity contribution is 6.31. The van der Waals surface area contributed by atoms with Gasteiger partial charge in [0.2, 0.25) is 0 Å². The summed E-state index contributed by atoms with van der Waals surface area (Å²) in [4.78, 5) is 12.5. The maximum absolute atomic E-state index is 13.7. The first kappa shape index (κ1) is 22.1. The Hall–Kier alpha value is -2.58. The molecule has 1 amide bonds. The second kappa shape index (κ2) is 8.28. The van der Waals surface area contributed by atoms with Crippen molar-refractivity contribution < 1.29 is 27.8 Å². The number of hydrogen-bond acceptors (Lipinski definition) is 4. The Morgan fingerprint density at radius 2 is 1.93 bits per heavy atom. The molecule has 160 valence electrons. The molecule has 1 aliphatic heterocycles. The van der Waals surface area contributed by atoms with E-state index in [1.165, 1.54) is 6.07 Å². The summed E-state index contributed by atoms with van der Waals surface area (Å²) < 4.78 is 46.2. The van der Waals surface area contributed by atoms with Gasteiger partial charge in [0.15, 0.2) is 6.61 Å². The van der Waals surface area contributed by atoms with E-state index < -0.39 is 30.8 Å². The van der Waals surface area contributed by atoms with Crippen LogP contribution in [0.3, 0.4) is 0 Å². The van der Waals surface area contributed by atoms with Crippen molar-refractivity contribution in [3.63, 3.8) is 0 Å². The fourth-order valence-corrected chi connectivity index (χ4v) is 3.15. The number of ether oxygens (including phenoxy) is 1. The summed E-state index contributed by atoms with van der Waals surface area (Å²) in [6.07, 6.45) is -5.20. The molecule has 2 aromatic carbocycles. The van der Waals surface area contributed by atoms with Crippen LogP contribution in [0.4, 0.5) is 13.2 Å². The van der Waals surface area contributed by atoms with E-state index in [2.05, 4.69) is 5.10 Å². The number of amides is 1. The molecule has 0 bridgehead atoms. The molecule has 1 heterocycles. The largest absolute Gasteiger partial charge is 0.484 e. The molecule has 2 aromatic rings. The third kappa shape index (κ3) is 4.29. The fraction of sp³-hybridized carbons (Fsp3) is 0.333. The molecule has 0 radical (unpaired) electrons. The van der Waals surface area contributed by atoms with E-state index in [1.54, 1.807) is 43.3 Å². The molecule has 1 aliphatic rings. The second-order valence-corrected chi connectivity index (χ2v) is 7.40. The van der Waals surface area contributed by atoms with E-state index >= 15 is 0 Å². The van der Waals surface area contributed by atoms with Gasteiger partial charge in [0.05, 0.1) is 12.1 Å². The maximum atomic E-state index is 13.7. The molecule has 3 rings (SSSR count). The topological polar surface area (TPSA) is 62.1 Å². The van der Waals surface area contributed by atoms with Crippen LogP contribution in [0.5, 0.6) is 5.75 Å². The zero-order valence-corrected chi connectivity index (χ0v) is 17.1. The van der Waals surface area contributed by atoms with Crippen molar-refractivity contribution in [2.45, 2.75) is 38.6 Å². The van der Waals surface area contributed by atoms with Crippen LogP contribution >= 0.6 is 11.6 Å². The van der Waals surface area contributed by atoms with Gasteiger partial charge in [-0.05, 0) is 48.2 Å². The van der Waals surface area contributed by atoms with Crippen LogP contribution in [-0.4, -0.2) is 40.2 Å². The third-order valence-corrected chi connectivity index (χ3v) is 5.29. The van der Waals surface area contributed by atoms with Gasteiger partial charge in [-0.15, -0.1) is 0 Å².